The predicted molar refractivity (Wildman–Crippen MR) is 52.9 cm³/mol. The molecule has 0 rings (SSSR count). The largest absolute Gasteiger partial charge is 0.480 e. The molecule has 0 aromatic carbocycles. The molecule has 0 aliphatic carbocycles. The smallest absolute Gasteiger partial charge is 0.321 e. The molecule has 0 saturated carbocycles. The monoisotopic (exact) mass is 207 g/mol. The second-order valence-corrected chi connectivity index (χ2v) is 5.28. The van der Waals surface area contributed by atoms with Crippen molar-refractivity contribution >= 4 is 16.8 Å². The first-order valence-corrected chi connectivity index (χ1v) is 5.60. The van der Waals surface area contributed by atoms with Crippen LogP contribution in [0.1, 0.15) is 20.8 Å². The molecule has 3 N–H and O–H groups in total. The first-order valence-electron chi connectivity index (χ1n) is 4.21. The highest BCUT2D eigenvalue weighted by Gasteiger charge is 2.21. The molecule has 0 aromatic rings. The minimum Gasteiger partial charge on any atom is -0.480 e. The van der Waals surface area contributed by atoms with E-state index in [1.807, 2.05) is 20.8 Å². The Balaban J connectivity index is 4.08. The summed E-state index contributed by atoms with van der Waals surface area (Å²) in [6, 6.07) is -1.01. The maximum atomic E-state index is 11.5. The molecule has 3 atom stereocenters. The third-order valence-corrected chi connectivity index (χ3v) is 4.08. The van der Waals surface area contributed by atoms with Crippen molar-refractivity contribution in [3.05, 3.63) is 0 Å². The Bertz CT molecular complexity index is 206. The summed E-state index contributed by atoms with van der Waals surface area (Å²) >= 11 is 0. The lowest BCUT2D eigenvalue weighted by atomic mass is 10.2. The molecule has 0 fully saturated rings. The van der Waals surface area contributed by atoms with E-state index >= 15 is 0 Å². The van der Waals surface area contributed by atoms with Gasteiger partial charge in [-0.3, -0.25) is 9.00 Å². The standard InChI is InChI=1S/C8H17NO3S/c1-5(2)6(3)13(12)4-7(9)8(10)11/h5-7H,4,9H2,1-3H3,(H,10,11). The van der Waals surface area contributed by atoms with E-state index in [-0.39, 0.29) is 16.9 Å². The second-order valence-electron chi connectivity index (χ2n) is 3.44. The number of nitrogens with two attached hydrogens (primary N) is 1. The molecule has 78 valence electrons. The number of hydrogen-bond donors (Lipinski definition) is 2. The molecule has 3 unspecified atom stereocenters. The van der Waals surface area contributed by atoms with Crippen LogP contribution in [0.25, 0.3) is 0 Å². The van der Waals surface area contributed by atoms with Crippen LogP contribution in [0.15, 0.2) is 0 Å². The van der Waals surface area contributed by atoms with Crippen molar-refractivity contribution < 1.29 is 14.1 Å². The first-order chi connectivity index (χ1) is 5.86. The van der Waals surface area contributed by atoms with Crippen molar-refractivity contribution in [2.24, 2.45) is 11.7 Å². The molecule has 0 radical (unpaired) electrons. The molecular weight excluding hydrogens is 190 g/mol. The Morgan fingerprint density at radius 2 is 1.92 bits per heavy atom. The Labute approximate surface area is 81.0 Å². The van der Waals surface area contributed by atoms with E-state index in [0.717, 1.165) is 0 Å². The van der Waals surface area contributed by atoms with Crippen molar-refractivity contribution in [1.29, 1.82) is 0 Å². The molecule has 0 aliphatic rings. The number of rotatable bonds is 5. The van der Waals surface area contributed by atoms with E-state index in [4.69, 9.17) is 10.8 Å². The zero-order valence-corrected chi connectivity index (χ0v) is 9.00. The molecule has 13 heavy (non-hydrogen) atoms. The number of aliphatic carboxylic acids is 1. The number of carboxylic acids is 1. The summed E-state index contributed by atoms with van der Waals surface area (Å²) in [6.07, 6.45) is 0. The van der Waals surface area contributed by atoms with Crippen molar-refractivity contribution in [3.63, 3.8) is 0 Å². The molecule has 0 bridgehead atoms. The summed E-state index contributed by atoms with van der Waals surface area (Å²) in [6.45, 7) is 5.75. The quantitative estimate of drug-likeness (QED) is 0.674. The van der Waals surface area contributed by atoms with Crippen LogP contribution in [-0.2, 0) is 15.6 Å². The Kier molecular flexibility index (Phi) is 5.17. The predicted octanol–water partition coefficient (Wildman–Crippen LogP) is 0.192. The van der Waals surface area contributed by atoms with E-state index in [2.05, 4.69) is 0 Å². The molecule has 0 amide bonds. The van der Waals surface area contributed by atoms with E-state index in [1.54, 1.807) is 0 Å². The topological polar surface area (TPSA) is 80.4 Å². The maximum absolute atomic E-state index is 11.5. The summed E-state index contributed by atoms with van der Waals surface area (Å²) in [7, 11) is -1.15. The van der Waals surface area contributed by atoms with Crippen LogP contribution in [0.5, 0.6) is 0 Å². The van der Waals surface area contributed by atoms with Gasteiger partial charge < -0.3 is 10.8 Å². The van der Waals surface area contributed by atoms with Gasteiger partial charge in [-0.15, -0.1) is 0 Å². The van der Waals surface area contributed by atoms with Gasteiger partial charge in [-0.2, -0.15) is 0 Å². The summed E-state index contributed by atoms with van der Waals surface area (Å²) in [5.74, 6) is -0.777. The van der Waals surface area contributed by atoms with Crippen LogP contribution in [0.4, 0.5) is 0 Å². The zero-order valence-electron chi connectivity index (χ0n) is 8.19. The Morgan fingerprint density at radius 1 is 1.46 bits per heavy atom. The third-order valence-electron chi connectivity index (χ3n) is 2.01. The lowest BCUT2D eigenvalue weighted by molar-refractivity contribution is -0.137. The fourth-order valence-electron chi connectivity index (χ4n) is 0.704. The van der Waals surface area contributed by atoms with Gasteiger partial charge in [-0.1, -0.05) is 20.8 Å². The fraction of sp³-hybridized carbons (Fsp3) is 0.875. The highest BCUT2D eigenvalue weighted by molar-refractivity contribution is 7.85. The van der Waals surface area contributed by atoms with Crippen molar-refractivity contribution in [3.8, 4) is 0 Å². The fourth-order valence-corrected chi connectivity index (χ4v) is 2.11. The van der Waals surface area contributed by atoms with Gasteiger partial charge in [0.05, 0.1) is 0 Å². The van der Waals surface area contributed by atoms with Crippen molar-refractivity contribution in [2.45, 2.75) is 32.1 Å². The zero-order chi connectivity index (χ0) is 10.6. The SMILES string of the molecule is CC(C)C(C)S(=O)CC(N)C(=O)O. The highest BCUT2D eigenvalue weighted by atomic mass is 32.2. The van der Waals surface area contributed by atoms with E-state index in [0.29, 0.717) is 0 Å². The average Bonchev–Trinajstić information content (AvgIpc) is 2.02. The number of hydrogen-bond acceptors (Lipinski definition) is 3. The van der Waals surface area contributed by atoms with Crippen molar-refractivity contribution in [1.82, 2.24) is 0 Å². The minimum atomic E-state index is -1.15. The van der Waals surface area contributed by atoms with Crippen LogP contribution in [0, 0.1) is 5.92 Å². The average molecular weight is 207 g/mol. The molecule has 0 heterocycles. The van der Waals surface area contributed by atoms with Crippen LogP contribution in [-0.4, -0.2) is 32.3 Å². The van der Waals surface area contributed by atoms with Gasteiger partial charge in [0.15, 0.2) is 0 Å². The van der Waals surface area contributed by atoms with E-state index in [1.165, 1.54) is 0 Å². The van der Waals surface area contributed by atoms with Gasteiger partial charge >= 0.3 is 5.97 Å². The van der Waals surface area contributed by atoms with E-state index in [9.17, 15) is 9.00 Å². The normalized spacial score (nSPS) is 18.2. The minimum absolute atomic E-state index is 0.00889. The van der Waals surface area contributed by atoms with Gasteiger partial charge in [-0.05, 0) is 5.92 Å². The van der Waals surface area contributed by atoms with Gasteiger partial charge in [0.2, 0.25) is 0 Å². The molecule has 0 aromatic heterocycles. The summed E-state index contributed by atoms with van der Waals surface area (Å²) < 4.78 is 11.5. The molecule has 0 aliphatic heterocycles. The van der Waals surface area contributed by atoms with Gasteiger partial charge in [0, 0.05) is 21.8 Å². The van der Waals surface area contributed by atoms with Crippen molar-refractivity contribution in [2.75, 3.05) is 5.75 Å². The summed E-state index contributed by atoms with van der Waals surface area (Å²) in [5.41, 5.74) is 5.26. The van der Waals surface area contributed by atoms with Crippen LogP contribution < -0.4 is 5.73 Å². The molecule has 5 heteroatoms. The molecular formula is C8H17NO3S. The molecule has 0 saturated heterocycles. The number of carboxylic acid groups (broad SMARTS) is 1. The molecule has 0 spiro atoms. The Hall–Kier alpha value is -0.420. The van der Waals surface area contributed by atoms with Gasteiger partial charge in [0.25, 0.3) is 0 Å². The van der Waals surface area contributed by atoms with Crippen LogP contribution in [0.2, 0.25) is 0 Å². The lowest BCUT2D eigenvalue weighted by Gasteiger charge is -2.16. The summed E-state index contributed by atoms with van der Waals surface area (Å²) in [5, 5.41) is 8.48. The van der Waals surface area contributed by atoms with Gasteiger partial charge in [0.1, 0.15) is 6.04 Å². The maximum Gasteiger partial charge on any atom is 0.321 e. The second kappa shape index (κ2) is 5.34. The third kappa shape index (κ3) is 4.38. The number of carbonyl (C=O) groups is 1. The lowest BCUT2D eigenvalue weighted by Crippen LogP contribution is -2.38. The molecule has 4 nitrogen and oxygen atoms in total. The van der Waals surface area contributed by atoms with Gasteiger partial charge in [-0.25, -0.2) is 0 Å². The summed E-state index contributed by atoms with van der Waals surface area (Å²) in [4.78, 5) is 10.4. The first kappa shape index (κ1) is 12.6. The van der Waals surface area contributed by atoms with E-state index < -0.39 is 22.8 Å². The highest BCUT2D eigenvalue weighted by Crippen LogP contribution is 2.09. The van der Waals surface area contributed by atoms with Crippen LogP contribution in [0.3, 0.4) is 0 Å². The Morgan fingerprint density at radius 3 is 2.23 bits per heavy atom. The van der Waals surface area contributed by atoms with Crippen LogP contribution >= 0.6 is 0 Å².